The van der Waals surface area contributed by atoms with Crippen molar-refractivity contribution in [3.05, 3.63) is 51.3 Å². The largest absolute Gasteiger partial charge is 0.394 e. The highest BCUT2D eigenvalue weighted by Gasteiger charge is 2.46. The summed E-state index contributed by atoms with van der Waals surface area (Å²) < 4.78 is 7.17. The van der Waals surface area contributed by atoms with Crippen LogP contribution in [0.15, 0.2) is 46.1 Å². The molecule has 1 fully saturated rings. The number of aromatic nitrogens is 3. The number of benzene rings is 1. The van der Waals surface area contributed by atoms with Crippen molar-refractivity contribution in [3.8, 4) is 11.3 Å². The van der Waals surface area contributed by atoms with Gasteiger partial charge in [0.05, 0.1) is 22.8 Å². The van der Waals surface area contributed by atoms with Gasteiger partial charge in [-0.15, -0.1) is 5.10 Å². The molecule has 1 aliphatic heterocycles. The van der Waals surface area contributed by atoms with Crippen molar-refractivity contribution < 1.29 is 20.1 Å². The Bertz CT molecular complexity index is 972. The summed E-state index contributed by atoms with van der Waals surface area (Å²) in [7, 11) is 0. The molecule has 29 heavy (non-hydrogen) atoms. The van der Waals surface area contributed by atoms with Gasteiger partial charge in [0.15, 0.2) is 0 Å². The third-order valence-corrected chi connectivity index (χ3v) is 7.20. The van der Waals surface area contributed by atoms with Crippen LogP contribution in [0.2, 0.25) is 10.0 Å². The first-order chi connectivity index (χ1) is 14.0. The minimum atomic E-state index is -1.17. The fraction of sp³-hybridized carbons (Fsp3) is 0.333. The molecule has 0 radical (unpaired) electrons. The van der Waals surface area contributed by atoms with Gasteiger partial charge in [-0.1, -0.05) is 40.2 Å². The summed E-state index contributed by atoms with van der Waals surface area (Å²) in [6.07, 6.45) is -1.51. The lowest BCUT2D eigenvalue weighted by molar-refractivity contribution is -0.178. The Kier molecular flexibility index (Phi) is 6.47. The quantitative estimate of drug-likeness (QED) is 0.523. The molecule has 3 aromatic rings. The molecule has 0 spiro atoms. The zero-order valence-electron chi connectivity index (χ0n) is 14.8. The predicted octanol–water partition coefficient (Wildman–Crippen LogP) is 3.09. The highest BCUT2D eigenvalue weighted by atomic mass is 35.5. The Morgan fingerprint density at radius 2 is 2.00 bits per heavy atom. The monoisotopic (exact) mass is 473 g/mol. The number of aliphatic hydroxyl groups is 3. The van der Waals surface area contributed by atoms with Gasteiger partial charge in [0, 0.05) is 15.8 Å². The second-order valence-electron chi connectivity index (χ2n) is 6.49. The van der Waals surface area contributed by atoms with E-state index in [4.69, 9.17) is 27.9 Å². The average molecular weight is 474 g/mol. The summed E-state index contributed by atoms with van der Waals surface area (Å²) in [6.45, 7) is -0.408. The first kappa shape index (κ1) is 21.1. The lowest BCUT2D eigenvalue weighted by Crippen LogP contribution is -2.55. The van der Waals surface area contributed by atoms with Gasteiger partial charge >= 0.3 is 0 Å². The van der Waals surface area contributed by atoms with Crippen molar-refractivity contribution in [1.82, 2.24) is 15.0 Å². The molecule has 1 saturated heterocycles. The minimum absolute atomic E-state index is 0.383. The normalized spacial score (nSPS) is 27.3. The second-order valence-corrected chi connectivity index (χ2v) is 9.25. The molecule has 0 aliphatic carbocycles. The van der Waals surface area contributed by atoms with Crippen molar-refractivity contribution in [2.45, 2.75) is 34.7 Å². The predicted molar refractivity (Wildman–Crippen MR) is 112 cm³/mol. The minimum Gasteiger partial charge on any atom is -0.394 e. The molecule has 1 aliphatic rings. The van der Waals surface area contributed by atoms with E-state index in [0.29, 0.717) is 15.7 Å². The van der Waals surface area contributed by atoms with Crippen LogP contribution >= 0.6 is 46.3 Å². The molecule has 0 bridgehead atoms. The molecule has 3 heterocycles. The number of thioether (sulfide) groups is 1. The summed E-state index contributed by atoms with van der Waals surface area (Å²) in [5.74, 6) is 0. The van der Waals surface area contributed by atoms with Gasteiger partial charge in [0.1, 0.15) is 35.5 Å². The van der Waals surface area contributed by atoms with Crippen LogP contribution in [0.4, 0.5) is 0 Å². The van der Waals surface area contributed by atoms with Crippen molar-refractivity contribution in [2.24, 2.45) is 0 Å². The summed E-state index contributed by atoms with van der Waals surface area (Å²) in [5.41, 5.74) is 0.760. The maximum absolute atomic E-state index is 11.0. The van der Waals surface area contributed by atoms with Gasteiger partial charge in [-0.3, -0.25) is 0 Å². The molecule has 4 rings (SSSR count). The van der Waals surface area contributed by atoms with Crippen LogP contribution in [0.1, 0.15) is 6.04 Å². The topological polar surface area (TPSA) is 101 Å². The summed E-state index contributed by atoms with van der Waals surface area (Å²) in [4.78, 5) is 0.729. The number of hydrogen-bond acceptors (Lipinski definition) is 8. The summed E-state index contributed by atoms with van der Waals surface area (Å²) >= 11 is 14.8. The number of thiophene rings is 1. The Balaban J connectivity index is 1.61. The third kappa shape index (κ3) is 4.33. The molecule has 4 unspecified atom stereocenters. The van der Waals surface area contributed by atoms with E-state index in [-0.39, 0.29) is 0 Å². The van der Waals surface area contributed by atoms with Gasteiger partial charge in [0.2, 0.25) is 0 Å². The molecule has 0 amide bonds. The van der Waals surface area contributed by atoms with Crippen LogP contribution in [0.3, 0.4) is 0 Å². The van der Waals surface area contributed by atoms with Crippen LogP contribution in [0, 0.1) is 0 Å². The summed E-state index contributed by atoms with van der Waals surface area (Å²) in [6, 6.07) is 6.15. The average Bonchev–Trinajstić information content (AvgIpc) is 3.39. The third-order valence-electron chi connectivity index (χ3n) is 4.62. The lowest BCUT2D eigenvalue weighted by Gasteiger charge is -2.41. The number of nitrogens with zero attached hydrogens (tertiary/aromatic N) is 3. The molecule has 5 atom stereocenters. The Morgan fingerprint density at radius 3 is 2.69 bits per heavy atom. The van der Waals surface area contributed by atoms with Gasteiger partial charge in [-0.25, -0.2) is 4.68 Å². The van der Waals surface area contributed by atoms with E-state index in [1.54, 1.807) is 24.4 Å². The number of hydrogen-bond donors (Lipinski definition) is 3. The first-order valence-corrected chi connectivity index (χ1v) is 11.2. The van der Waals surface area contributed by atoms with Crippen molar-refractivity contribution in [2.75, 3.05) is 6.61 Å². The molecular weight excluding hydrogens is 457 g/mol. The van der Waals surface area contributed by atoms with Crippen LogP contribution in [0.5, 0.6) is 0 Å². The highest BCUT2D eigenvalue weighted by molar-refractivity contribution is 7.99. The van der Waals surface area contributed by atoms with E-state index < -0.39 is 36.4 Å². The number of halogens is 2. The van der Waals surface area contributed by atoms with Crippen LogP contribution in [-0.2, 0) is 4.74 Å². The number of rotatable bonds is 5. The second kappa shape index (κ2) is 8.91. The van der Waals surface area contributed by atoms with Crippen molar-refractivity contribution in [1.29, 1.82) is 0 Å². The van der Waals surface area contributed by atoms with E-state index in [1.165, 1.54) is 27.8 Å². The van der Waals surface area contributed by atoms with Crippen molar-refractivity contribution >= 4 is 46.3 Å². The highest BCUT2D eigenvalue weighted by Crippen LogP contribution is 2.39. The van der Waals surface area contributed by atoms with Gasteiger partial charge in [-0.2, -0.15) is 11.3 Å². The smallest absolute Gasteiger partial charge is 0.136 e. The zero-order chi connectivity index (χ0) is 20.5. The van der Waals surface area contributed by atoms with E-state index >= 15 is 0 Å². The maximum Gasteiger partial charge on any atom is 0.136 e. The van der Waals surface area contributed by atoms with E-state index in [2.05, 4.69) is 10.3 Å². The Hall–Kier alpha value is -1.17. The van der Waals surface area contributed by atoms with Gasteiger partial charge < -0.3 is 20.1 Å². The standard InChI is InChI=1S/C18H17Cl2N3O4S2/c19-11-2-1-10(5-12(11)20)29-18-17(26)15(16(25)14(7-24)27-18)23-6-13(21-22-23)9-3-4-28-8-9/h1-6,8,14-18,24-26H,7H2/t14?,15?,16?,17-,18?/m0/s1. The van der Waals surface area contributed by atoms with Gasteiger partial charge in [-0.05, 0) is 29.6 Å². The Morgan fingerprint density at radius 1 is 1.17 bits per heavy atom. The zero-order valence-corrected chi connectivity index (χ0v) is 17.9. The molecule has 3 N–H and O–H groups in total. The molecule has 154 valence electrons. The molecule has 2 aromatic heterocycles. The van der Waals surface area contributed by atoms with Crippen molar-refractivity contribution in [3.63, 3.8) is 0 Å². The fourth-order valence-corrected chi connectivity index (χ4v) is 5.24. The fourth-order valence-electron chi connectivity index (χ4n) is 3.13. The maximum atomic E-state index is 11.0. The Labute approximate surface area is 184 Å². The van der Waals surface area contributed by atoms with Gasteiger partial charge in [0.25, 0.3) is 0 Å². The van der Waals surface area contributed by atoms with Crippen LogP contribution in [0.25, 0.3) is 11.3 Å². The molecular formula is C18H17Cl2N3O4S2. The molecule has 7 nitrogen and oxygen atoms in total. The first-order valence-electron chi connectivity index (χ1n) is 8.66. The van der Waals surface area contributed by atoms with E-state index in [9.17, 15) is 15.3 Å². The molecule has 11 heteroatoms. The molecule has 0 saturated carbocycles. The number of aliphatic hydroxyl groups excluding tert-OH is 3. The summed E-state index contributed by atoms with van der Waals surface area (Å²) in [5, 5.41) is 44.2. The van der Waals surface area contributed by atoms with E-state index in [1.807, 2.05) is 16.8 Å². The van der Waals surface area contributed by atoms with Crippen LogP contribution in [-0.4, -0.2) is 60.7 Å². The van der Waals surface area contributed by atoms with E-state index in [0.717, 1.165) is 10.5 Å². The number of ether oxygens (including phenoxy) is 1. The lowest BCUT2D eigenvalue weighted by atomic mass is 9.97. The molecule has 1 aromatic carbocycles. The SMILES string of the molecule is OCC1OC(Sc2ccc(Cl)c(Cl)c2)[C@@H](O)C(n2cc(-c3ccsc3)nn2)C1O. The van der Waals surface area contributed by atoms with Crippen LogP contribution < -0.4 is 0 Å².